The Morgan fingerprint density at radius 1 is 1.58 bits per heavy atom. The van der Waals surface area contributed by atoms with Gasteiger partial charge in [0.15, 0.2) is 5.82 Å². The van der Waals surface area contributed by atoms with E-state index in [0.29, 0.717) is 12.2 Å². The van der Waals surface area contributed by atoms with Gasteiger partial charge in [-0.25, -0.2) is 9.18 Å². The lowest BCUT2D eigenvalue weighted by Gasteiger charge is -2.27. The number of ether oxygens (including phenoxy) is 2. The van der Waals surface area contributed by atoms with Crippen LogP contribution in [0.15, 0.2) is 12.1 Å². The topological polar surface area (TPSA) is 59.6 Å². The Morgan fingerprint density at radius 3 is 2.84 bits per heavy atom. The molecule has 1 fully saturated rings. The largest absolute Gasteiger partial charge is 0.465 e. The normalized spacial score (nSPS) is 17.5. The van der Waals surface area contributed by atoms with Crippen molar-refractivity contribution in [2.45, 2.75) is 12.5 Å². The first-order valence-corrected chi connectivity index (χ1v) is 6.11. The number of halogens is 1. The lowest BCUT2D eigenvalue weighted by Crippen LogP contribution is -2.33. The Kier molecular flexibility index (Phi) is 4.21. The first-order valence-electron chi connectivity index (χ1n) is 6.11. The molecule has 1 aliphatic rings. The highest BCUT2D eigenvalue weighted by Crippen LogP contribution is 2.28. The second kappa shape index (κ2) is 5.88. The Balaban J connectivity index is 2.23. The Morgan fingerprint density at radius 2 is 2.32 bits per heavy atom. The molecule has 1 atom stereocenters. The molecule has 0 spiro atoms. The molecule has 1 aliphatic heterocycles. The number of anilines is 2. The number of benzene rings is 1. The number of carbonyl (C=O) groups excluding carboxylic acids is 1. The summed E-state index contributed by atoms with van der Waals surface area (Å²) in [6, 6.07) is 3.04. The van der Waals surface area contributed by atoms with E-state index < -0.39 is 11.8 Å². The maximum absolute atomic E-state index is 14.3. The highest BCUT2D eigenvalue weighted by atomic mass is 19.1. The number of hydrogen-bond acceptors (Lipinski definition) is 5. The van der Waals surface area contributed by atoms with Crippen LogP contribution in [0.2, 0.25) is 0 Å². The van der Waals surface area contributed by atoms with Gasteiger partial charge in [0, 0.05) is 20.2 Å². The molecule has 2 N–H and O–H groups in total. The summed E-state index contributed by atoms with van der Waals surface area (Å²) in [6.45, 7) is 1.26. The standard InChI is InChI=1S/C13H17FN2O3/c1-15-10-4-3-9(13(17)18-2)11(14)12(10)16-7-8-5-6-19-8/h3-4,8,15-16H,5-7H2,1-2H3/t8-/m0/s1. The monoisotopic (exact) mass is 268 g/mol. The van der Waals surface area contributed by atoms with Crippen molar-refractivity contribution in [1.29, 1.82) is 0 Å². The number of carbonyl (C=O) groups is 1. The molecular weight excluding hydrogens is 251 g/mol. The van der Waals surface area contributed by atoms with E-state index >= 15 is 0 Å². The third-order valence-electron chi connectivity index (χ3n) is 3.12. The van der Waals surface area contributed by atoms with Crippen LogP contribution in [0.5, 0.6) is 0 Å². The minimum Gasteiger partial charge on any atom is -0.465 e. The molecule has 2 rings (SSSR count). The van der Waals surface area contributed by atoms with E-state index in [2.05, 4.69) is 15.4 Å². The van der Waals surface area contributed by atoms with Crippen LogP contribution < -0.4 is 10.6 Å². The van der Waals surface area contributed by atoms with E-state index in [1.54, 1.807) is 13.1 Å². The summed E-state index contributed by atoms with van der Waals surface area (Å²) >= 11 is 0. The fourth-order valence-corrected chi connectivity index (χ4v) is 1.89. The number of nitrogens with one attached hydrogen (secondary N) is 2. The molecule has 1 saturated heterocycles. The maximum atomic E-state index is 14.3. The molecule has 0 radical (unpaired) electrons. The Bertz CT molecular complexity index is 475. The molecule has 5 nitrogen and oxygen atoms in total. The summed E-state index contributed by atoms with van der Waals surface area (Å²) in [6.07, 6.45) is 1.06. The van der Waals surface area contributed by atoms with E-state index in [1.165, 1.54) is 13.2 Å². The maximum Gasteiger partial charge on any atom is 0.340 e. The van der Waals surface area contributed by atoms with E-state index in [0.717, 1.165) is 13.0 Å². The smallest absolute Gasteiger partial charge is 0.340 e. The molecule has 104 valence electrons. The fraction of sp³-hybridized carbons (Fsp3) is 0.462. The molecule has 0 aromatic heterocycles. The van der Waals surface area contributed by atoms with Crippen molar-refractivity contribution in [3.63, 3.8) is 0 Å². The van der Waals surface area contributed by atoms with Crippen LogP contribution in [0.3, 0.4) is 0 Å². The molecule has 1 aromatic rings. The highest BCUT2D eigenvalue weighted by molar-refractivity contribution is 5.92. The van der Waals surface area contributed by atoms with Gasteiger partial charge in [0.1, 0.15) is 0 Å². The highest BCUT2D eigenvalue weighted by Gasteiger charge is 2.22. The van der Waals surface area contributed by atoms with Gasteiger partial charge in [0.25, 0.3) is 0 Å². The first-order chi connectivity index (χ1) is 9.17. The molecule has 0 aliphatic carbocycles. The second-order valence-corrected chi connectivity index (χ2v) is 4.25. The van der Waals surface area contributed by atoms with Crippen molar-refractivity contribution < 1.29 is 18.7 Å². The molecule has 0 unspecified atom stereocenters. The zero-order chi connectivity index (χ0) is 13.8. The predicted molar refractivity (Wildman–Crippen MR) is 70.1 cm³/mol. The summed E-state index contributed by atoms with van der Waals surface area (Å²) in [4.78, 5) is 11.5. The summed E-state index contributed by atoms with van der Waals surface area (Å²) in [7, 11) is 2.92. The van der Waals surface area contributed by atoms with Crippen LogP contribution in [0.4, 0.5) is 15.8 Å². The summed E-state index contributed by atoms with van der Waals surface area (Å²) < 4.78 is 24.1. The Labute approximate surface area is 111 Å². The molecular formula is C13H17FN2O3. The molecule has 0 bridgehead atoms. The predicted octanol–water partition coefficient (Wildman–Crippen LogP) is 1.85. The van der Waals surface area contributed by atoms with Crippen molar-refractivity contribution in [2.24, 2.45) is 0 Å². The zero-order valence-electron chi connectivity index (χ0n) is 11.0. The molecule has 1 aromatic carbocycles. The molecule has 6 heteroatoms. The third-order valence-corrected chi connectivity index (χ3v) is 3.12. The van der Waals surface area contributed by atoms with Gasteiger partial charge in [0.05, 0.1) is 30.2 Å². The number of esters is 1. The van der Waals surface area contributed by atoms with Crippen LogP contribution >= 0.6 is 0 Å². The van der Waals surface area contributed by atoms with Crippen molar-refractivity contribution in [3.8, 4) is 0 Å². The van der Waals surface area contributed by atoms with Crippen LogP contribution in [-0.4, -0.2) is 39.4 Å². The third kappa shape index (κ3) is 2.78. The van der Waals surface area contributed by atoms with Crippen LogP contribution in [0, 0.1) is 5.82 Å². The van der Waals surface area contributed by atoms with E-state index in [4.69, 9.17) is 4.74 Å². The lowest BCUT2D eigenvalue weighted by atomic mass is 10.1. The zero-order valence-corrected chi connectivity index (χ0v) is 11.0. The molecule has 0 saturated carbocycles. The minimum absolute atomic E-state index is 0.0847. The second-order valence-electron chi connectivity index (χ2n) is 4.25. The number of rotatable bonds is 5. The van der Waals surface area contributed by atoms with E-state index in [1.807, 2.05) is 0 Å². The molecule has 0 amide bonds. The van der Waals surface area contributed by atoms with Crippen molar-refractivity contribution in [3.05, 3.63) is 23.5 Å². The van der Waals surface area contributed by atoms with E-state index in [-0.39, 0.29) is 17.4 Å². The van der Waals surface area contributed by atoms with Gasteiger partial charge in [-0.2, -0.15) is 0 Å². The lowest BCUT2D eigenvalue weighted by molar-refractivity contribution is -0.0410. The summed E-state index contributed by atoms with van der Waals surface area (Å²) in [5.74, 6) is -1.30. The van der Waals surface area contributed by atoms with Crippen molar-refractivity contribution in [1.82, 2.24) is 0 Å². The molecule has 19 heavy (non-hydrogen) atoms. The minimum atomic E-state index is -0.692. The quantitative estimate of drug-likeness (QED) is 0.798. The van der Waals surface area contributed by atoms with Crippen LogP contribution in [0.25, 0.3) is 0 Å². The van der Waals surface area contributed by atoms with Crippen LogP contribution in [0.1, 0.15) is 16.8 Å². The first kappa shape index (κ1) is 13.6. The van der Waals surface area contributed by atoms with Gasteiger partial charge < -0.3 is 20.1 Å². The van der Waals surface area contributed by atoms with Crippen molar-refractivity contribution in [2.75, 3.05) is 37.9 Å². The van der Waals surface area contributed by atoms with Crippen LogP contribution in [-0.2, 0) is 9.47 Å². The van der Waals surface area contributed by atoms with Gasteiger partial charge >= 0.3 is 5.97 Å². The average molecular weight is 268 g/mol. The molecule has 1 heterocycles. The van der Waals surface area contributed by atoms with Crippen molar-refractivity contribution >= 4 is 17.3 Å². The van der Waals surface area contributed by atoms with Gasteiger partial charge in [-0.15, -0.1) is 0 Å². The van der Waals surface area contributed by atoms with Gasteiger partial charge in [-0.3, -0.25) is 0 Å². The average Bonchev–Trinajstić information content (AvgIpc) is 2.37. The van der Waals surface area contributed by atoms with Gasteiger partial charge in [-0.05, 0) is 18.6 Å². The Hall–Kier alpha value is -1.82. The van der Waals surface area contributed by atoms with E-state index in [9.17, 15) is 9.18 Å². The number of methoxy groups -OCH3 is 1. The summed E-state index contributed by atoms with van der Waals surface area (Å²) in [5, 5.41) is 5.87. The SMILES string of the molecule is CNc1ccc(C(=O)OC)c(F)c1NC[C@@H]1CCO1. The van der Waals surface area contributed by atoms with Gasteiger partial charge in [0.2, 0.25) is 0 Å². The van der Waals surface area contributed by atoms with Gasteiger partial charge in [-0.1, -0.05) is 0 Å². The fourth-order valence-electron chi connectivity index (χ4n) is 1.89. The number of hydrogen-bond donors (Lipinski definition) is 2. The summed E-state index contributed by atoms with van der Waals surface area (Å²) in [5.41, 5.74) is 0.768.